The first-order valence-electron chi connectivity index (χ1n) is 9.32. The van der Waals surface area contributed by atoms with Crippen LogP contribution < -0.4 is 10.1 Å². The average molecular weight is 398 g/mol. The molecule has 0 unspecified atom stereocenters. The summed E-state index contributed by atoms with van der Waals surface area (Å²) in [6.45, 7) is 3.50. The highest BCUT2D eigenvalue weighted by molar-refractivity contribution is 5.98. The predicted molar refractivity (Wildman–Crippen MR) is 108 cm³/mol. The van der Waals surface area contributed by atoms with Gasteiger partial charge >= 0.3 is 5.97 Å². The van der Waals surface area contributed by atoms with Crippen LogP contribution in [0.1, 0.15) is 29.8 Å². The summed E-state index contributed by atoms with van der Waals surface area (Å²) >= 11 is 0. The van der Waals surface area contributed by atoms with E-state index in [1.54, 1.807) is 29.2 Å². The number of rotatable bonds is 9. The van der Waals surface area contributed by atoms with Crippen molar-refractivity contribution in [1.29, 1.82) is 0 Å². The average Bonchev–Trinajstić information content (AvgIpc) is 2.74. The number of hydrogen-bond donors (Lipinski definition) is 1. The molecular weight excluding hydrogens is 372 g/mol. The molecule has 2 aromatic carbocycles. The Balaban J connectivity index is 1.84. The number of ether oxygens (including phenoxy) is 2. The molecule has 2 aromatic rings. The number of nitrogens with zero attached hydrogens (tertiary/aromatic N) is 1. The van der Waals surface area contributed by atoms with Crippen molar-refractivity contribution in [2.45, 2.75) is 26.4 Å². The highest BCUT2D eigenvalue weighted by atomic mass is 16.5. The molecule has 7 nitrogen and oxygen atoms in total. The van der Waals surface area contributed by atoms with E-state index in [0.717, 1.165) is 5.56 Å². The fourth-order valence-corrected chi connectivity index (χ4v) is 2.69. The third kappa shape index (κ3) is 6.64. The number of amides is 2. The predicted octanol–water partition coefficient (Wildman–Crippen LogP) is 2.41. The number of esters is 1. The second-order valence-electron chi connectivity index (χ2n) is 6.64. The molecule has 0 radical (unpaired) electrons. The maximum atomic E-state index is 12.5. The third-order valence-corrected chi connectivity index (χ3v) is 4.24. The van der Waals surface area contributed by atoms with Crippen LogP contribution in [0.5, 0.6) is 5.75 Å². The van der Waals surface area contributed by atoms with Crippen LogP contribution in [0.2, 0.25) is 0 Å². The Morgan fingerprint density at radius 2 is 1.66 bits per heavy atom. The lowest BCUT2D eigenvalue weighted by atomic mass is 10.2. The standard InChI is InChI=1S/C22H26N2O5/c1-16(2)24(14-17-9-5-4-6-10-17)20(25)15-29-21(26)13-23-22(27)18-11-7-8-12-19(18)28-3/h4-12,16H,13-15H2,1-3H3,(H,23,27). The summed E-state index contributed by atoms with van der Waals surface area (Å²) in [5.41, 5.74) is 1.30. The molecule has 0 bridgehead atoms. The first kappa shape index (κ1) is 21.9. The molecule has 7 heteroatoms. The minimum Gasteiger partial charge on any atom is -0.496 e. The van der Waals surface area contributed by atoms with Crippen LogP contribution in [0.3, 0.4) is 0 Å². The van der Waals surface area contributed by atoms with Crippen LogP contribution >= 0.6 is 0 Å². The zero-order valence-corrected chi connectivity index (χ0v) is 16.9. The van der Waals surface area contributed by atoms with E-state index in [-0.39, 0.29) is 25.1 Å². The largest absolute Gasteiger partial charge is 0.496 e. The van der Waals surface area contributed by atoms with E-state index in [1.165, 1.54) is 7.11 Å². The van der Waals surface area contributed by atoms with E-state index in [1.807, 2.05) is 44.2 Å². The van der Waals surface area contributed by atoms with E-state index in [9.17, 15) is 14.4 Å². The molecule has 154 valence electrons. The van der Waals surface area contributed by atoms with Gasteiger partial charge in [0, 0.05) is 12.6 Å². The molecule has 0 aromatic heterocycles. The molecule has 0 aliphatic rings. The molecule has 0 spiro atoms. The van der Waals surface area contributed by atoms with Gasteiger partial charge in [-0.25, -0.2) is 0 Å². The van der Waals surface area contributed by atoms with Crippen molar-refractivity contribution in [3.8, 4) is 5.75 Å². The van der Waals surface area contributed by atoms with Gasteiger partial charge in [-0.2, -0.15) is 0 Å². The zero-order valence-electron chi connectivity index (χ0n) is 16.9. The smallest absolute Gasteiger partial charge is 0.325 e. The molecule has 0 atom stereocenters. The Morgan fingerprint density at radius 1 is 1.00 bits per heavy atom. The fourth-order valence-electron chi connectivity index (χ4n) is 2.69. The van der Waals surface area contributed by atoms with Gasteiger partial charge in [-0.05, 0) is 31.5 Å². The Hall–Kier alpha value is -3.35. The lowest BCUT2D eigenvalue weighted by Gasteiger charge is -2.26. The first-order chi connectivity index (χ1) is 13.9. The third-order valence-electron chi connectivity index (χ3n) is 4.24. The molecule has 1 N–H and O–H groups in total. The Kier molecular flexibility index (Phi) is 8.21. The number of para-hydroxylation sites is 1. The number of benzene rings is 2. The van der Waals surface area contributed by atoms with Crippen molar-refractivity contribution in [3.63, 3.8) is 0 Å². The van der Waals surface area contributed by atoms with Crippen LogP contribution in [0.25, 0.3) is 0 Å². The highest BCUT2D eigenvalue weighted by Crippen LogP contribution is 2.16. The van der Waals surface area contributed by atoms with Gasteiger partial charge in [0.15, 0.2) is 6.61 Å². The number of methoxy groups -OCH3 is 1. The van der Waals surface area contributed by atoms with Crippen molar-refractivity contribution < 1.29 is 23.9 Å². The molecule has 0 aliphatic carbocycles. The minimum absolute atomic E-state index is 0.0494. The summed E-state index contributed by atoms with van der Waals surface area (Å²) < 4.78 is 10.2. The van der Waals surface area contributed by atoms with Gasteiger partial charge in [-0.3, -0.25) is 14.4 Å². The van der Waals surface area contributed by atoms with Gasteiger partial charge in [0.2, 0.25) is 0 Å². The van der Waals surface area contributed by atoms with Gasteiger partial charge in [0.25, 0.3) is 11.8 Å². The van der Waals surface area contributed by atoms with E-state index < -0.39 is 11.9 Å². The Morgan fingerprint density at radius 3 is 2.31 bits per heavy atom. The summed E-state index contributed by atoms with van der Waals surface area (Å²) in [6.07, 6.45) is 0. The molecule has 0 saturated heterocycles. The lowest BCUT2D eigenvalue weighted by molar-refractivity contribution is -0.152. The van der Waals surface area contributed by atoms with E-state index in [4.69, 9.17) is 9.47 Å². The zero-order chi connectivity index (χ0) is 21.2. The van der Waals surface area contributed by atoms with Crippen molar-refractivity contribution in [1.82, 2.24) is 10.2 Å². The lowest BCUT2D eigenvalue weighted by Crippen LogP contribution is -2.40. The summed E-state index contributed by atoms with van der Waals surface area (Å²) in [4.78, 5) is 38.3. The van der Waals surface area contributed by atoms with Crippen LogP contribution in [0.15, 0.2) is 54.6 Å². The summed E-state index contributed by atoms with van der Waals surface area (Å²) in [5.74, 6) is -1.04. The number of carbonyl (C=O) groups excluding carboxylic acids is 3. The van der Waals surface area contributed by atoms with Gasteiger partial charge < -0.3 is 19.7 Å². The number of nitrogens with one attached hydrogen (secondary N) is 1. The summed E-state index contributed by atoms with van der Waals surface area (Å²) in [6, 6.07) is 16.2. The normalized spacial score (nSPS) is 10.3. The van der Waals surface area contributed by atoms with Gasteiger partial charge in [0.1, 0.15) is 12.3 Å². The second-order valence-corrected chi connectivity index (χ2v) is 6.64. The molecule has 0 saturated carbocycles. The van der Waals surface area contributed by atoms with Crippen LogP contribution in [0, 0.1) is 0 Å². The highest BCUT2D eigenvalue weighted by Gasteiger charge is 2.19. The van der Waals surface area contributed by atoms with Crippen molar-refractivity contribution >= 4 is 17.8 Å². The van der Waals surface area contributed by atoms with Crippen molar-refractivity contribution in [3.05, 3.63) is 65.7 Å². The maximum absolute atomic E-state index is 12.5. The van der Waals surface area contributed by atoms with Crippen LogP contribution in [-0.4, -0.2) is 49.0 Å². The first-order valence-corrected chi connectivity index (χ1v) is 9.32. The molecule has 0 aliphatic heterocycles. The van der Waals surface area contributed by atoms with Gasteiger partial charge in [-0.1, -0.05) is 42.5 Å². The van der Waals surface area contributed by atoms with E-state index >= 15 is 0 Å². The van der Waals surface area contributed by atoms with E-state index in [2.05, 4.69) is 5.32 Å². The fraction of sp³-hybridized carbons (Fsp3) is 0.318. The van der Waals surface area contributed by atoms with Crippen LogP contribution in [0.4, 0.5) is 0 Å². The molecular formula is C22H26N2O5. The quantitative estimate of drug-likeness (QED) is 0.656. The number of carbonyl (C=O) groups is 3. The maximum Gasteiger partial charge on any atom is 0.325 e. The van der Waals surface area contributed by atoms with Gasteiger partial charge in [-0.15, -0.1) is 0 Å². The monoisotopic (exact) mass is 398 g/mol. The Labute approximate surface area is 170 Å². The number of hydrogen-bond acceptors (Lipinski definition) is 5. The van der Waals surface area contributed by atoms with Crippen LogP contribution in [-0.2, 0) is 20.9 Å². The topological polar surface area (TPSA) is 84.9 Å². The van der Waals surface area contributed by atoms with Crippen molar-refractivity contribution in [2.24, 2.45) is 0 Å². The SMILES string of the molecule is COc1ccccc1C(=O)NCC(=O)OCC(=O)N(Cc1ccccc1)C(C)C. The second kappa shape index (κ2) is 10.8. The molecule has 0 fully saturated rings. The summed E-state index contributed by atoms with van der Waals surface area (Å²) in [5, 5.41) is 2.47. The van der Waals surface area contributed by atoms with Gasteiger partial charge in [0.05, 0.1) is 12.7 Å². The molecule has 0 heterocycles. The molecule has 2 amide bonds. The molecule has 29 heavy (non-hydrogen) atoms. The van der Waals surface area contributed by atoms with Crippen molar-refractivity contribution in [2.75, 3.05) is 20.3 Å². The Bertz CT molecular complexity index is 836. The van der Waals surface area contributed by atoms with E-state index in [0.29, 0.717) is 17.9 Å². The minimum atomic E-state index is -0.690. The molecule has 2 rings (SSSR count). The summed E-state index contributed by atoms with van der Waals surface area (Å²) in [7, 11) is 1.46.